The van der Waals surface area contributed by atoms with Crippen molar-refractivity contribution in [2.24, 2.45) is 40.4 Å². The fourth-order valence-electron chi connectivity index (χ4n) is 10.7. The summed E-state index contributed by atoms with van der Waals surface area (Å²) in [4.78, 5) is 14.4. The number of carbonyl (C=O) groups is 1. The molecule has 1 spiro atoms. The Morgan fingerprint density at radius 1 is 0.921 bits per heavy atom. The molecule has 4 bridgehead atoms. The highest BCUT2D eigenvalue weighted by Gasteiger charge is 2.74. The first-order valence-corrected chi connectivity index (χ1v) is 15.4. The zero-order valence-corrected chi connectivity index (χ0v) is 23.5. The Labute approximate surface area is 229 Å². The second-order valence-electron chi connectivity index (χ2n) is 14.0. The first-order valence-electron chi connectivity index (χ1n) is 15.4. The van der Waals surface area contributed by atoms with Crippen LogP contribution in [0, 0.1) is 40.4 Å². The number of benzene rings is 2. The summed E-state index contributed by atoms with van der Waals surface area (Å²) in [7, 11) is 0. The van der Waals surface area contributed by atoms with Crippen LogP contribution in [0.15, 0.2) is 66.7 Å². The molecule has 4 aliphatic carbocycles. The molecule has 6 fully saturated rings. The van der Waals surface area contributed by atoms with Crippen molar-refractivity contribution >= 4 is 11.4 Å². The van der Waals surface area contributed by atoms with Gasteiger partial charge in [-0.05, 0) is 103 Å². The first-order chi connectivity index (χ1) is 18.4. The van der Waals surface area contributed by atoms with Crippen molar-refractivity contribution in [3.05, 3.63) is 77.9 Å². The van der Waals surface area contributed by atoms with Crippen molar-refractivity contribution in [1.29, 1.82) is 0 Å². The van der Waals surface area contributed by atoms with Gasteiger partial charge in [0.15, 0.2) is 5.78 Å². The van der Waals surface area contributed by atoms with E-state index in [0.29, 0.717) is 41.5 Å². The van der Waals surface area contributed by atoms with Crippen molar-refractivity contribution in [3.8, 4) is 0 Å². The summed E-state index contributed by atoms with van der Waals surface area (Å²) in [5, 5.41) is 0. The van der Waals surface area contributed by atoms with E-state index in [2.05, 4.69) is 87.5 Å². The van der Waals surface area contributed by atoms with Gasteiger partial charge in [-0.1, -0.05) is 87.5 Å². The Kier molecular flexibility index (Phi) is 5.82. The van der Waals surface area contributed by atoms with E-state index in [4.69, 9.17) is 4.74 Å². The molecule has 38 heavy (non-hydrogen) atoms. The predicted octanol–water partition coefficient (Wildman–Crippen LogP) is 8.50. The summed E-state index contributed by atoms with van der Waals surface area (Å²) in [5.74, 6) is 3.34. The van der Waals surface area contributed by atoms with Gasteiger partial charge in [0, 0.05) is 11.8 Å². The number of fused-ring (bicyclic) bond motifs is 3. The second kappa shape index (κ2) is 8.91. The molecule has 2 aromatic carbocycles. The fourth-order valence-corrected chi connectivity index (χ4v) is 10.7. The van der Waals surface area contributed by atoms with Crippen LogP contribution in [-0.4, -0.2) is 17.5 Å². The minimum Gasteiger partial charge on any atom is -0.363 e. The summed E-state index contributed by atoms with van der Waals surface area (Å²) in [6.45, 7) is 7.38. The summed E-state index contributed by atoms with van der Waals surface area (Å²) >= 11 is 0. The van der Waals surface area contributed by atoms with Crippen molar-refractivity contribution < 1.29 is 9.53 Å². The normalized spacial score (nSPS) is 41.8. The molecule has 4 saturated carbocycles. The van der Waals surface area contributed by atoms with Crippen molar-refractivity contribution in [2.75, 3.05) is 0 Å². The molecule has 0 radical (unpaired) electrons. The largest absolute Gasteiger partial charge is 0.363 e. The van der Waals surface area contributed by atoms with Gasteiger partial charge in [-0.2, -0.15) is 0 Å². The molecule has 2 aromatic rings. The van der Waals surface area contributed by atoms with Gasteiger partial charge in [0.2, 0.25) is 0 Å². The van der Waals surface area contributed by atoms with Crippen molar-refractivity contribution in [3.63, 3.8) is 0 Å². The van der Waals surface area contributed by atoms with Crippen LogP contribution in [0.25, 0.3) is 5.57 Å². The number of ketones is 1. The molecule has 8 rings (SSSR count). The lowest BCUT2D eigenvalue weighted by Gasteiger charge is -2.70. The highest BCUT2D eigenvalue weighted by atomic mass is 16.5. The minimum atomic E-state index is -0.479. The molecule has 2 aliphatic heterocycles. The average molecular weight is 509 g/mol. The van der Waals surface area contributed by atoms with Crippen LogP contribution < -0.4 is 0 Å². The standard InChI is InChI=1S/C36H44O2/c1-24(14-16-29(25-10-6-4-7-11-25)26-12-8-5-9-13-26)30-18-19-31-32-17-15-27-22-28-20-21-35(27,3)36(32,38-28)33(37)23-34(30,31)2/h4-13,16,24,27-28,30-32H,14-15,17-23H2,1-3H3/t24-,27+,28-,30+,31-,32+,34-,35-,36+/m1/s1. The average Bonchev–Trinajstić information content (AvgIpc) is 3.26. The van der Waals surface area contributed by atoms with Crippen LogP contribution in [0.2, 0.25) is 0 Å². The lowest BCUT2D eigenvalue weighted by molar-refractivity contribution is -0.307. The Hall–Kier alpha value is -2.19. The van der Waals surface area contributed by atoms with Gasteiger partial charge in [0.25, 0.3) is 0 Å². The summed E-state index contributed by atoms with van der Waals surface area (Å²) < 4.78 is 6.93. The van der Waals surface area contributed by atoms with Gasteiger partial charge in [0.1, 0.15) is 5.60 Å². The molecule has 0 amide bonds. The summed E-state index contributed by atoms with van der Waals surface area (Å²) in [5.41, 5.74) is 3.58. The fraction of sp³-hybridized carbons (Fsp3) is 0.583. The Bertz CT molecular complexity index is 1190. The molecule has 6 aliphatic rings. The van der Waals surface area contributed by atoms with Crippen LogP contribution in [0.3, 0.4) is 0 Å². The van der Waals surface area contributed by atoms with E-state index in [9.17, 15) is 4.79 Å². The van der Waals surface area contributed by atoms with Crippen molar-refractivity contribution in [2.45, 2.75) is 90.3 Å². The maximum absolute atomic E-state index is 14.4. The van der Waals surface area contributed by atoms with Crippen LogP contribution in [-0.2, 0) is 9.53 Å². The molecule has 2 heterocycles. The summed E-state index contributed by atoms with van der Waals surface area (Å²) in [6, 6.07) is 21.6. The lowest BCUT2D eigenvalue weighted by atomic mass is 9.40. The monoisotopic (exact) mass is 508 g/mol. The van der Waals surface area contributed by atoms with E-state index in [0.717, 1.165) is 19.3 Å². The maximum atomic E-state index is 14.4. The van der Waals surface area contributed by atoms with Crippen LogP contribution in [0.1, 0.15) is 89.7 Å². The van der Waals surface area contributed by atoms with Crippen LogP contribution in [0.5, 0.6) is 0 Å². The number of Topliss-reactive ketones (excluding diaryl/α,β-unsaturated/α-hetero) is 1. The van der Waals surface area contributed by atoms with Crippen molar-refractivity contribution in [1.82, 2.24) is 0 Å². The maximum Gasteiger partial charge on any atom is 0.166 e. The van der Waals surface area contributed by atoms with Gasteiger partial charge in [-0.3, -0.25) is 4.79 Å². The number of allylic oxidation sites excluding steroid dienone is 1. The first kappa shape index (κ1) is 24.8. The molecular weight excluding hydrogens is 464 g/mol. The zero-order chi connectivity index (χ0) is 26.1. The zero-order valence-electron chi connectivity index (χ0n) is 23.5. The SMILES string of the molecule is C[C@H](CC=C(c1ccccc1)c1ccccc1)[C@@H]1CC[C@@H]2[C@@H]3CC[C@H]4C[C@H]5CC[C@@]4(C)[C@@]3(O5)C(=O)C[C@@]21C. The number of hydrogen-bond acceptors (Lipinski definition) is 2. The molecule has 0 unspecified atom stereocenters. The topological polar surface area (TPSA) is 26.3 Å². The van der Waals surface area contributed by atoms with E-state index in [1.54, 1.807) is 0 Å². The molecule has 0 aromatic heterocycles. The molecule has 200 valence electrons. The molecule has 9 atom stereocenters. The molecule has 0 N–H and O–H groups in total. The molecule has 2 saturated heterocycles. The lowest BCUT2D eigenvalue weighted by Crippen LogP contribution is -2.75. The van der Waals surface area contributed by atoms with E-state index in [-0.39, 0.29) is 10.8 Å². The highest BCUT2D eigenvalue weighted by molar-refractivity contribution is 5.91. The Morgan fingerprint density at radius 3 is 2.26 bits per heavy atom. The summed E-state index contributed by atoms with van der Waals surface area (Å²) in [6.07, 6.45) is 13.2. The van der Waals surface area contributed by atoms with Gasteiger partial charge < -0.3 is 4.74 Å². The predicted molar refractivity (Wildman–Crippen MR) is 153 cm³/mol. The third-order valence-corrected chi connectivity index (χ3v) is 12.5. The van der Waals surface area contributed by atoms with E-state index in [1.165, 1.54) is 55.2 Å². The second-order valence-corrected chi connectivity index (χ2v) is 14.0. The van der Waals surface area contributed by atoms with E-state index < -0.39 is 5.60 Å². The van der Waals surface area contributed by atoms with Gasteiger partial charge in [-0.25, -0.2) is 0 Å². The van der Waals surface area contributed by atoms with Crippen LogP contribution >= 0.6 is 0 Å². The number of ether oxygens (including phenoxy) is 1. The minimum absolute atomic E-state index is 0.0653. The molecule has 2 nitrogen and oxygen atoms in total. The Balaban J connectivity index is 1.17. The number of rotatable bonds is 5. The Morgan fingerprint density at radius 2 is 1.58 bits per heavy atom. The van der Waals surface area contributed by atoms with E-state index >= 15 is 0 Å². The van der Waals surface area contributed by atoms with Gasteiger partial charge in [-0.15, -0.1) is 0 Å². The third kappa shape index (κ3) is 3.38. The number of hydrogen-bond donors (Lipinski definition) is 0. The smallest absolute Gasteiger partial charge is 0.166 e. The van der Waals surface area contributed by atoms with E-state index in [1.807, 2.05) is 0 Å². The molecular formula is C36H44O2. The van der Waals surface area contributed by atoms with Gasteiger partial charge in [0.05, 0.1) is 6.10 Å². The van der Waals surface area contributed by atoms with Gasteiger partial charge >= 0.3 is 0 Å². The number of carbonyl (C=O) groups excluding carboxylic acids is 1. The third-order valence-electron chi connectivity index (χ3n) is 12.5. The van der Waals surface area contributed by atoms with Crippen LogP contribution in [0.4, 0.5) is 0 Å². The quantitative estimate of drug-likeness (QED) is 0.405. The highest BCUT2D eigenvalue weighted by Crippen LogP contribution is 2.72. The molecule has 2 heteroatoms.